The molecule has 0 aliphatic carbocycles. The molecular formula is C67H127NO5. The minimum atomic E-state index is -0.843. The van der Waals surface area contributed by atoms with Gasteiger partial charge in [-0.1, -0.05) is 294 Å². The number of allylic oxidation sites excluding steroid dienone is 5. The lowest BCUT2D eigenvalue weighted by molar-refractivity contribution is -0.143. The maximum absolute atomic E-state index is 12.5. The lowest BCUT2D eigenvalue weighted by Gasteiger charge is -2.20. The standard InChI is InChI=1S/C67H127NO5/c1-3-5-7-9-11-13-15-17-37-41-45-49-53-57-61-67(72)73-62-58-54-50-46-42-38-34-32-30-28-26-24-22-20-18-19-21-23-25-27-29-31-33-36-40-44-48-52-56-60-66(71)68-64(63-69)65(70)59-55-51-47-43-39-35-16-14-12-10-8-6-4-2/h15,17-18,20,55,59,64-65,69-70H,3-14,16,19,21-54,56-58,60-63H2,1-2H3,(H,68,71)/b17-15-,20-18-,59-55+. The van der Waals surface area contributed by atoms with Crippen molar-refractivity contribution >= 4 is 11.9 Å². The molecule has 0 saturated heterocycles. The Morgan fingerprint density at radius 2 is 0.644 bits per heavy atom. The first-order valence-corrected chi connectivity index (χ1v) is 32.8. The first-order chi connectivity index (χ1) is 36.0. The molecule has 0 aromatic rings. The van der Waals surface area contributed by atoms with Gasteiger partial charge >= 0.3 is 5.97 Å². The maximum atomic E-state index is 12.5. The Morgan fingerprint density at radius 1 is 0.370 bits per heavy atom. The number of carbonyl (C=O) groups is 2. The average Bonchev–Trinajstić information content (AvgIpc) is 3.39. The molecule has 0 rings (SSSR count). The van der Waals surface area contributed by atoms with Gasteiger partial charge in [0.2, 0.25) is 5.91 Å². The van der Waals surface area contributed by atoms with Crippen LogP contribution in [0.15, 0.2) is 36.5 Å². The topological polar surface area (TPSA) is 95.9 Å². The Hall–Kier alpha value is -1.92. The Balaban J connectivity index is 3.38. The number of ether oxygens (including phenoxy) is 1. The molecule has 73 heavy (non-hydrogen) atoms. The van der Waals surface area contributed by atoms with Crippen LogP contribution in [0.3, 0.4) is 0 Å². The maximum Gasteiger partial charge on any atom is 0.305 e. The van der Waals surface area contributed by atoms with Crippen LogP contribution in [-0.4, -0.2) is 47.4 Å². The molecule has 2 unspecified atom stereocenters. The van der Waals surface area contributed by atoms with Crippen molar-refractivity contribution in [3.8, 4) is 0 Å². The van der Waals surface area contributed by atoms with Crippen molar-refractivity contribution in [1.82, 2.24) is 5.32 Å². The third kappa shape index (κ3) is 59.2. The molecule has 0 fully saturated rings. The van der Waals surface area contributed by atoms with E-state index in [4.69, 9.17) is 4.74 Å². The number of hydrogen-bond acceptors (Lipinski definition) is 5. The van der Waals surface area contributed by atoms with E-state index in [9.17, 15) is 19.8 Å². The second kappa shape index (κ2) is 62.6. The SMILES string of the molecule is CCCCCCC/C=C\CCCCCCCC(=O)OCCCCCCCCCCCCCC/C=C\CCCCCCCCCCCCCCCC(=O)NC(CO)C(O)/C=C/CCCCCCCCCCCCC. The molecule has 0 radical (unpaired) electrons. The average molecular weight is 1030 g/mol. The molecule has 1 amide bonds. The number of unbranched alkanes of at least 4 members (excludes halogenated alkanes) is 46. The first-order valence-electron chi connectivity index (χ1n) is 32.8. The molecule has 430 valence electrons. The van der Waals surface area contributed by atoms with E-state index in [1.165, 1.54) is 283 Å². The van der Waals surface area contributed by atoms with E-state index in [1.54, 1.807) is 6.08 Å². The molecule has 2 atom stereocenters. The van der Waals surface area contributed by atoms with E-state index in [-0.39, 0.29) is 18.5 Å². The van der Waals surface area contributed by atoms with Gasteiger partial charge in [0.15, 0.2) is 0 Å². The van der Waals surface area contributed by atoms with Gasteiger partial charge in [0, 0.05) is 12.8 Å². The van der Waals surface area contributed by atoms with Crippen molar-refractivity contribution < 1.29 is 24.5 Å². The number of hydrogen-bond donors (Lipinski definition) is 3. The molecule has 0 aliphatic rings. The van der Waals surface area contributed by atoms with Crippen molar-refractivity contribution in [3.05, 3.63) is 36.5 Å². The van der Waals surface area contributed by atoms with Crippen LogP contribution in [0.25, 0.3) is 0 Å². The van der Waals surface area contributed by atoms with E-state index < -0.39 is 12.1 Å². The highest BCUT2D eigenvalue weighted by Gasteiger charge is 2.18. The summed E-state index contributed by atoms with van der Waals surface area (Å²) in [6.45, 7) is 4.90. The van der Waals surface area contributed by atoms with Crippen LogP contribution in [-0.2, 0) is 14.3 Å². The second-order valence-corrected chi connectivity index (χ2v) is 22.4. The van der Waals surface area contributed by atoms with Gasteiger partial charge in [-0.15, -0.1) is 0 Å². The third-order valence-corrected chi connectivity index (χ3v) is 15.1. The van der Waals surface area contributed by atoms with E-state index in [2.05, 4.69) is 43.5 Å². The molecule has 0 aliphatic heterocycles. The van der Waals surface area contributed by atoms with Crippen molar-refractivity contribution in [2.24, 2.45) is 0 Å². The van der Waals surface area contributed by atoms with Crippen LogP contribution in [0, 0.1) is 0 Å². The number of esters is 1. The molecule has 0 aromatic carbocycles. The highest BCUT2D eigenvalue weighted by atomic mass is 16.5. The zero-order valence-electron chi connectivity index (χ0n) is 49.1. The number of rotatable bonds is 61. The van der Waals surface area contributed by atoms with E-state index >= 15 is 0 Å². The molecular weight excluding hydrogens is 899 g/mol. The van der Waals surface area contributed by atoms with E-state index in [0.29, 0.717) is 19.4 Å². The summed E-state index contributed by atoms with van der Waals surface area (Å²) in [7, 11) is 0. The van der Waals surface area contributed by atoms with Gasteiger partial charge in [0.25, 0.3) is 0 Å². The minimum Gasteiger partial charge on any atom is -0.466 e. The fraction of sp³-hybridized carbons (Fsp3) is 0.881. The normalized spacial score (nSPS) is 12.8. The quantitative estimate of drug-likeness (QED) is 0.0320. The van der Waals surface area contributed by atoms with Gasteiger partial charge in [-0.05, 0) is 83.5 Å². The monoisotopic (exact) mass is 1030 g/mol. The molecule has 0 bridgehead atoms. The number of amides is 1. The predicted molar refractivity (Wildman–Crippen MR) is 319 cm³/mol. The van der Waals surface area contributed by atoms with Crippen molar-refractivity contribution in [2.45, 2.75) is 366 Å². The first kappa shape index (κ1) is 71.1. The van der Waals surface area contributed by atoms with E-state index in [1.807, 2.05) is 6.08 Å². The Morgan fingerprint density at radius 3 is 0.973 bits per heavy atom. The van der Waals surface area contributed by atoms with Gasteiger partial charge < -0.3 is 20.3 Å². The number of nitrogens with one attached hydrogen (secondary N) is 1. The largest absolute Gasteiger partial charge is 0.466 e. The van der Waals surface area contributed by atoms with Crippen LogP contribution < -0.4 is 5.32 Å². The van der Waals surface area contributed by atoms with Crippen LogP contribution >= 0.6 is 0 Å². The molecule has 3 N–H and O–H groups in total. The lowest BCUT2D eigenvalue weighted by Crippen LogP contribution is -2.45. The van der Waals surface area contributed by atoms with Gasteiger partial charge in [-0.25, -0.2) is 0 Å². The summed E-state index contributed by atoms with van der Waals surface area (Å²) < 4.78 is 5.48. The number of aliphatic hydroxyl groups excluding tert-OH is 2. The number of aliphatic hydroxyl groups is 2. The van der Waals surface area contributed by atoms with Crippen molar-refractivity contribution in [3.63, 3.8) is 0 Å². The molecule has 0 heterocycles. The molecule has 6 nitrogen and oxygen atoms in total. The fourth-order valence-electron chi connectivity index (χ4n) is 10.1. The summed E-state index contributed by atoms with van der Waals surface area (Å²) in [5.74, 6) is -0.0588. The summed E-state index contributed by atoms with van der Waals surface area (Å²) in [6.07, 6.45) is 79.2. The number of carbonyl (C=O) groups excluding carboxylic acids is 2. The summed E-state index contributed by atoms with van der Waals surface area (Å²) in [5, 5.41) is 23.1. The predicted octanol–water partition coefficient (Wildman–Crippen LogP) is 20.8. The zero-order valence-corrected chi connectivity index (χ0v) is 49.1. The van der Waals surface area contributed by atoms with Gasteiger partial charge in [-0.3, -0.25) is 9.59 Å². The Bertz CT molecular complexity index is 1180. The summed E-state index contributed by atoms with van der Waals surface area (Å²) in [4.78, 5) is 24.5. The summed E-state index contributed by atoms with van der Waals surface area (Å²) in [5.41, 5.74) is 0. The van der Waals surface area contributed by atoms with Crippen molar-refractivity contribution in [2.75, 3.05) is 13.2 Å². The van der Waals surface area contributed by atoms with Gasteiger partial charge in [0.1, 0.15) is 0 Å². The summed E-state index contributed by atoms with van der Waals surface area (Å²) in [6, 6.07) is -0.626. The molecule has 0 saturated carbocycles. The molecule has 0 spiro atoms. The van der Waals surface area contributed by atoms with Crippen LogP contribution in [0.1, 0.15) is 354 Å². The second-order valence-electron chi connectivity index (χ2n) is 22.4. The fourth-order valence-corrected chi connectivity index (χ4v) is 10.1. The van der Waals surface area contributed by atoms with Gasteiger partial charge in [0.05, 0.1) is 25.4 Å². The molecule has 0 aromatic heterocycles. The third-order valence-electron chi connectivity index (χ3n) is 15.1. The van der Waals surface area contributed by atoms with E-state index in [0.717, 1.165) is 44.9 Å². The lowest BCUT2D eigenvalue weighted by atomic mass is 10.0. The smallest absolute Gasteiger partial charge is 0.305 e. The van der Waals surface area contributed by atoms with Crippen LogP contribution in [0.5, 0.6) is 0 Å². The zero-order chi connectivity index (χ0) is 52.9. The minimum absolute atomic E-state index is 0.00764. The Kier molecular flexibility index (Phi) is 61.0. The Labute approximate surface area is 455 Å². The van der Waals surface area contributed by atoms with Crippen LogP contribution in [0.2, 0.25) is 0 Å². The van der Waals surface area contributed by atoms with Crippen molar-refractivity contribution in [1.29, 1.82) is 0 Å². The molecule has 6 heteroatoms. The van der Waals surface area contributed by atoms with Crippen LogP contribution in [0.4, 0.5) is 0 Å². The van der Waals surface area contributed by atoms with Gasteiger partial charge in [-0.2, -0.15) is 0 Å². The highest BCUT2D eigenvalue weighted by molar-refractivity contribution is 5.76. The summed E-state index contributed by atoms with van der Waals surface area (Å²) >= 11 is 0. The highest BCUT2D eigenvalue weighted by Crippen LogP contribution is 2.17.